The summed E-state index contributed by atoms with van der Waals surface area (Å²) in [6.45, 7) is 3.46. The molecule has 1 aromatic heterocycles. The summed E-state index contributed by atoms with van der Waals surface area (Å²) >= 11 is 7.70. The Kier molecular flexibility index (Phi) is 9.11. The molecule has 2 aromatic carbocycles. The first kappa shape index (κ1) is 27.3. The van der Waals surface area contributed by atoms with Crippen molar-refractivity contribution in [2.75, 3.05) is 52.8 Å². The lowest BCUT2D eigenvalue weighted by Crippen LogP contribution is -2.36. The van der Waals surface area contributed by atoms with E-state index in [0.717, 1.165) is 17.5 Å². The van der Waals surface area contributed by atoms with E-state index in [1.165, 1.54) is 27.8 Å². The van der Waals surface area contributed by atoms with Crippen LogP contribution in [0.15, 0.2) is 41.3 Å². The molecule has 3 rings (SSSR count). The first-order chi connectivity index (χ1) is 16.6. The smallest absolute Gasteiger partial charge is 0.260 e. The molecule has 0 aliphatic carbocycles. The van der Waals surface area contributed by atoms with Gasteiger partial charge >= 0.3 is 0 Å². The lowest BCUT2D eigenvalue weighted by Gasteiger charge is -2.22. The minimum absolute atomic E-state index is 0.156. The third kappa shape index (κ3) is 6.13. The van der Waals surface area contributed by atoms with Crippen molar-refractivity contribution in [1.29, 1.82) is 0 Å². The van der Waals surface area contributed by atoms with Crippen LogP contribution in [-0.4, -0.2) is 76.4 Å². The topological polar surface area (TPSA) is 83.1 Å². The third-order valence-corrected chi connectivity index (χ3v) is 8.96. The molecule has 0 N–H and O–H groups in total. The maximum absolute atomic E-state index is 13.6. The van der Waals surface area contributed by atoms with Crippen LogP contribution in [0, 0.1) is 0 Å². The molecule has 0 radical (unpaired) electrons. The van der Waals surface area contributed by atoms with Gasteiger partial charge in [0.25, 0.3) is 5.91 Å². The highest BCUT2D eigenvalue weighted by atomic mass is 35.5. The van der Waals surface area contributed by atoms with Crippen molar-refractivity contribution in [1.82, 2.24) is 14.2 Å². The Morgan fingerprint density at radius 1 is 1.06 bits per heavy atom. The molecule has 8 nitrogen and oxygen atoms in total. The molecule has 190 valence electrons. The summed E-state index contributed by atoms with van der Waals surface area (Å²) in [5.74, 6) is 0.304. The largest absolute Gasteiger partial charge is 0.494 e. The molecule has 0 saturated heterocycles. The number of ether oxygens (including phenoxy) is 1. The van der Waals surface area contributed by atoms with Crippen LogP contribution in [0.2, 0.25) is 5.02 Å². The normalized spacial score (nSPS) is 12.0. The summed E-state index contributed by atoms with van der Waals surface area (Å²) in [6.07, 6.45) is 1.68. The summed E-state index contributed by atoms with van der Waals surface area (Å²) in [4.78, 5) is 22.0. The first-order valence-corrected chi connectivity index (χ1v) is 13.9. The van der Waals surface area contributed by atoms with E-state index in [0.29, 0.717) is 46.6 Å². The van der Waals surface area contributed by atoms with Crippen molar-refractivity contribution in [3.8, 4) is 5.75 Å². The van der Waals surface area contributed by atoms with Crippen molar-refractivity contribution in [3.05, 3.63) is 47.0 Å². The minimum Gasteiger partial charge on any atom is -0.494 e. The molecule has 0 aliphatic rings. The number of fused-ring (bicyclic) bond motifs is 1. The molecule has 11 heteroatoms. The number of carbonyl (C=O) groups excluding carboxylic acids is 1. The fourth-order valence-corrected chi connectivity index (χ4v) is 5.90. The van der Waals surface area contributed by atoms with Crippen LogP contribution in [-0.2, 0) is 10.0 Å². The number of rotatable bonds is 11. The van der Waals surface area contributed by atoms with Crippen LogP contribution in [0.1, 0.15) is 30.1 Å². The van der Waals surface area contributed by atoms with Gasteiger partial charge in [-0.05, 0) is 56.9 Å². The van der Waals surface area contributed by atoms with Gasteiger partial charge < -0.3 is 9.64 Å². The van der Waals surface area contributed by atoms with E-state index in [1.54, 1.807) is 43.3 Å². The fourth-order valence-electron chi connectivity index (χ4n) is 3.41. The Labute approximate surface area is 216 Å². The fraction of sp³-hybridized carbons (Fsp3) is 0.417. The van der Waals surface area contributed by atoms with Gasteiger partial charge in [-0.25, -0.2) is 17.7 Å². The zero-order valence-electron chi connectivity index (χ0n) is 20.6. The van der Waals surface area contributed by atoms with E-state index in [1.807, 2.05) is 25.9 Å². The number of thiazole rings is 1. The van der Waals surface area contributed by atoms with Gasteiger partial charge in [0, 0.05) is 32.2 Å². The van der Waals surface area contributed by atoms with Crippen molar-refractivity contribution in [2.24, 2.45) is 0 Å². The average Bonchev–Trinajstić information content (AvgIpc) is 3.28. The maximum atomic E-state index is 13.6. The third-order valence-electron chi connectivity index (χ3n) is 5.55. The van der Waals surface area contributed by atoms with Crippen LogP contribution >= 0.6 is 22.9 Å². The Bertz CT molecular complexity index is 1280. The highest BCUT2D eigenvalue weighted by molar-refractivity contribution is 7.89. The highest BCUT2D eigenvalue weighted by Gasteiger charge is 2.25. The van der Waals surface area contributed by atoms with E-state index in [4.69, 9.17) is 16.3 Å². The minimum atomic E-state index is -3.61. The second-order valence-corrected chi connectivity index (χ2v) is 11.8. The zero-order valence-corrected chi connectivity index (χ0v) is 23.0. The van der Waals surface area contributed by atoms with Gasteiger partial charge in [0.1, 0.15) is 11.3 Å². The molecule has 0 spiro atoms. The molecule has 35 heavy (non-hydrogen) atoms. The Morgan fingerprint density at radius 3 is 2.34 bits per heavy atom. The van der Waals surface area contributed by atoms with E-state index < -0.39 is 10.0 Å². The molecule has 3 aromatic rings. The predicted octanol–water partition coefficient (Wildman–Crippen LogP) is 4.59. The summed E-state index contributed by atoms with van der Waals surface area (Å²) in [7, 11) is 3.37. The van der Waals surface area contributed by atoms with Gasteiger partial charge in [-0.1, -0.05) is 36.3 Å². The number of methoxy groups -OCH3 is 1. The van der Waals surface area contributed by atoms with Crippen LogP contribution in [0.3, 0.4) is 0 Å². The van der Waals surface area contributed by atoms with Gasteiger partial charge in [0.2, 0.25) is 10.0 Å². The Morgan fingerprint density at radius 2 is 1.74 bits per heavy atom. The number of hydrogen-bond acceptors (Lipinski definition) is 7. The molecule has 1 amide bonds. The number of aromatic nitrogens is 1. The van der Waals surface area contributed by atoms with E-state index in [2.05, 4.69) is 4.98 Å². The number of halogens is 1. The number of amides is 1. The summed E-state index contributed by atoms with van der Waals surface area (Å²) in [6, 6.07) is 9.55. The monoisotopic (exact) mass is 538 g/mol. The van der Waals surface area contributed by atoms with Crippen LogP contribution in [0.25, 0.3) is 10.2 Å². The Hall–Kier alpha value is -2.24. The molecular formula is C24H31ClN4O4S2. The standard InChI is InChI=1S/C24H31ClN4O4S2/c1-6-7-14-28(4)35(31,32)18-10-8-17(9-11-18)23(30)29(16-15-27(2)3)24-26-21-20(33-5)13-12-19(25)22(21)34-24/h8-13H,6-7,14-16H2,1-5H3. The lowest BCUT2D eigenvalue weighted by molar-refractivity contribution is 0.0985. The molecule has 0 fully saturated rings. The molecule has 0 atom stereocenters. The van der Waals surface area contributed by atoms with Gasteiger partial charge in [-0.2, -0.15) is 0 Å². The summed E-state index contributed by atoms with van der Waals surface area (Å²) in [5, 5.41) is 1.03. The van der Waals surface area contributed by atoms with E-state index in [9.17, 15) is 13.2 Å². The SMILES string of the molecule is CCCCN(C)S(=O)(=O)c1ccc(C(=O)N(CCN(C)C)c2nc3c(OC)ccc(Cl)c3s2)cc1. The van der Waals surface area contributed by atoms with Gasteiger partial charge in [0.15, 0.2) is 5.13 Å². The predicted molar refractivity (Wildman–Crippen MR) is 143 cm³/mol. The molecule has 0 bridgehead atoms. The van der Waals surface area contributed by atoms with Gasteiger partial charge in [-0.3, -0.25) is 9.69 Å². The van der Waals surface area contributed by atoms with Crippen molar-refractivity contribution in [2.45, 2.75) is 24.7 Å². The maximum Gasteiger partial charge on any atom is 0.260 e. The second-order valence-electron chi connectivity index (χ2n) is 8.39. The van der Waals surface area contributed by atoms with Gasteiger partial charge in [-0.15, -0.1) is 0 Å². The van der Waals surface area contributed by atoms with Crippen LogP contribution in [0.4, 0.5) is 5.13 Å². The first-order valence-electron chi connectivity index (χ1n) is 11.3. The summed E-state index contributed by atoms with van der Waals surface area (Å²) in [5.41, 5.74) is 0.968. The number of anilines is 1. The van der Waals surface area contributed by atoms with Gasteiger partial charge in [0.05, 0.1) is 21.7 Å². The lowest BCUT2D eigenvalue weighted by atomic mass is 10.2. The van der Waals surface area contributed by atoms with E-state index >= 15 is 0 Å². The van der Waals surface area contributed by atoms with E-state index in [-0.39, 0.29) is 10.8 Å². The average molecular weight is 539 g/mol. The van der Waals surface area contributed by atoms with Crippen molar-refractivity contribution in [3.63, 3.8) is 0 Å². The summed E-state index contributed by atoms with van der Waals surface area (Å²) < 4.78 is 33.2. The second kappa shape index (κ2) is 11.7. The number of likely N-dealkylation sites (N-methyl/N-ethyl adjacent to an activating group) is 1. The van der Waals surface area contributed by atoms with Crippen LogP contribution < -0.4 is 9.64 Å². The number of benzene rings is 2. The molecule has 0 aliphatic heterocycles. The molecule has 0 unspecified atom stereocenters. The highest BCUT2D eigenvalue weighted by Crippen LogP contribution is 2.39. The molecular weight excluding hydrogens is 508 g/mol. The number of unbranched alkanes of at least 4 members (excludes halogenated alkanes) is 1. The van der Waals surface area contributed by atoms with Crippen molar-refractivity contribution >= 4 is 54.2 Å². The van der Waals surface area contributed by atoms with Crippen LogP contribution in [0.5, 0.6) is 5.75 Å². The van der Waals surface area contributed by atoms with Crippen molar-refractivity contribution < 1.29 is 17.9 Å². The molecule has 0 saturated carbocycles. The quantitative estimate of drug-likeness (QED) is 0.355. The zero-order chi connectivity index (χ0) is 25.8. The Balaban J connectivity index is 1.95. The number of sulfonamides is 1. The number of hydrogen-bond donors (Lipinski definition) is 0. The molecule has 1 heterocycles. The number of carbonyl (C=O) groups is 1. The number of nitrogens with zero attached hydrogens (tertiary/aromatic N) is 4.